The van der Waals surface area contributed by atoms with Gasteiger partial charge in [-0.3, -0.25) is 0 Å². The molecular formula is C16H19NO. The molecule has 1 aliphatic heterocycles. The first kappa shape index (κ1) is 11.5. The fourth-order valence-electron chi connectivity index (χ4n) is 2.94. The van der Waals surface area contributed by atoms with Crippen molar-refractivity contribution in [3.05, 3.63) is 42.0 Å². The Kier molecular flexibility index (Phi) is 3.20. The minimum atomic E-state index is 0.630. The molecule has 0 spiro atoms. The first-order valence-corrected chi connectivity index (χ1v) is 6.66. The normalized spacial score (nSPS) is 16.9. The molecule has 0 atom stereocenters. The summed E-state index contributed by atoms with van der Waals surface area (Å²) in [6.07, 6.45) is 2.41. The van der Waals surface area contributed by atoms with Crippen molar-refractivity contribution >= 4 is 10.8 Å². The maximum absolute atomic E-state index is 5.69. The molecule has 1 heterocycles. The van der Waals surface area contributed by atoms with Crippen molar-refractivity contribution in [1.29, 1.82) is 0 Å². The van der Waals surface area contributed by atoms with E-state index in [9.17, 15) is 0 Å². The van der Waals surface area contributed by atoms with Crippen LogP contribution in [0.5, 0.6) is 5.75 Å². The number of fused-ring (bicyclic) bond motifs is 1. The maximum atomic E-state index is 5.69. The minimum Gasteiger partial charge on any atom is -0.496 e. The highest BCUT2D eigenvalue weighted by molar-refractivity contribution is 5.89. The highest BCUT2D eigenvalue weighted by atomic mass is 16.5. The van der Waals surface area contributed by atoms with E-state index in [-0.39, 0.29) is 0 Å². The lowest BCUT2D eigenvalue weighted by molar-refractivity contribution is 0.396. The van der Waals surface area contributed by atoms with Crippen LogP contribution in [-0.4, -0.2) is 20.2 Å². The van der Waals surface area contributed by atoms with E-state index >= 15 is 0 Å². The van der Waals surface area contributed by atoms with E-state index in [4.69, 9.17) is 4.74 Å². The van der Waals surface area contributed by atoms with Gasteiger partial charge in [-0.2, -0.15) is 0 Å². The first-order chi connectivity index (χ1) is 8.90. The van der Waals surface area contributed by atoms with E-state index in [0.29, 0.717) is 5.92 Å². The van der Waals surface area contributed by atoms with Crippen molar-refractivity contribution in [2.24, 2.45) is 0 Å². The summed E-state index contributed by atoms with van der Waals surface area (Å²) in [5.41, 5.74) is 1.37. The van der Waals surface area contributed by atoms with Crippen LogP contribution >= 0.6 is 0 Å². The summed E-state index contributed by atoms with van der Waals surface area (Å²) in [7, 11) is 1.78. The van der Waals surface area contributed by atoms with Gasteiger partial charge in [0.25, 0.3) is 0 Å². The van der Waals surface area contributed by atoms with Crippen molar-refractivity contribution in [2.45, 2.75) is 18.8 Å². The first-order valence-electron chi connectivity index (χ1n) is 6.66. The molecule has 2 heteroatoms. The van der Waals surface area contributed by atoms with Gasteiger partial charge in [0, 0.05) is 5.39 Å². The van der Waals surface area contributed by atoms with E-state index in [2.05, 4.69) is 41.7 Å². The van der Waals surface area contributed by atoms with Gasteiger partial charge in [0.1, 0.15) is 5.75 Å². The molecule has 0 aromatic heterocycles. The van der Waals surface area contributed by atoms with Crippen molar-refractivity contribution in [2.75, 3.05) is 20.2 Å². The lowest BCUT2D eigenvalue weighted by Gasteiger charge is -2.25. The Morgan fingerprint density at radius 3 is 2.61 bits per heavy atom. The molecule has 1 N–H and O–H groups in total. The Morgan fingerprint density at radius 2 is 1.83 bits per heavy atom. The van der Waals surface area contributed by atoms with Gasteiger partial charge in [-0.1, -0.05) is 36.4 Å². The van der Waals surface area contributed by atoms with E-state index in [1.54, 1.807) is 7.11 Å². The number of benzene rings is 2. The third-order valence-corrected chi connectivity index (χ3v) is 3.89. The van der Waals surface area contributed by atoms with Gasteiger partial charge in [-0.05, 0) is 42.8 Å². The molecule has 0 unspecified atom stereocenters. The van der Waals surface area contributed by atoms with Crippen molar-refractivity contribution < 1.29 is 4.74 Å². The Bertz CT molecular complexity index is 544. The zero-order valence-electron chi connectivity index (χ0n) is 10.8. The molecule has 0 amide bonds. The van der Waals surface area contributed by atoms with Gasteiger partial charge in [0.15, 0.2) is 0 Å². The molecule has 2 nitrogen and oxygen atoms in total. The third-order valence-electron chi connectivity index (χ3n) is 3.89. The van der Waals surface area contributed by atoms with E-state index in [0.717, 1.165) is 18.8 Å². The summed E-state index contributed by atoms with van der Waals surface area (Å²) in [5.74, 6) is 1.70. The minimum absolute atomic E-state index is 0.630. The second kappa shape index (κ2) is 4.99. The third kappa shape index (κ3) is 1.97. The van der Waals surface area contributed by atoms with E-state index in [1.807, 2.05) is 0 Å². The number of methoxy groups -OCH3 is 1. The second-order valence-electron chi connectivity index (χ2n) is 4.93. The SMILES string of the molecule is COc1c(C2CCNCC2)ccc2ccccc12. The molecule has 94 valence electrons. The summed E-state index contributed by atoms with van der Waals surface area (Å²) < 4.78 is 5.69. The number of piperidine rings is 1. The molecule has 0 radical (unpaired) electrons. The van der Waals surface area contributed by atoms with E-state index < -0.39 is 0 Å². The molecule has 3 rings (SSSR count). The van der Waals surface area contributed by atoms with Gasteiger partial charge < -0.3 is 10.1 Å². The van der Waals surface area contributed by atoms with Crippen LogP contribution in [0.25, 0.3) is 10.8 Å². The quantitative estimate of drug-likeness (QED) is 0.871. The average molecular weight is 241 g/mol. The number of ether oxygens (including phenoxy) is 1. The van der Waals surface area contributed by atoms with Gasteiger partial charge in [-0.25, -0.2) is 0 Å². The molecule has 1 fully saturated rings. The second-order valence-corrected chi connectivity index (χ2v) is 4.93. The predicted octanol–water partition coefficient (Wildman–Crippen LogP) is 3.32. The summed E-state index contributed by atoms with van der Waals surface area (Å²) in [6.45, 7) is 2.22. The highest BCUT2D eigenvalue weighted by Gasteiger charge is 2.20. The molecule has 2 aromatic carbocycles. The Balaban J connectivity index is 2.10. The molecule has 0 saturated carbocycles. The summed E-state index contributed by atoms with van der Waals surface area (Å²) in [5, 5.41) is 5.91. The van der Waals surface area contributed by atoms with Crippen LogP contribution in [0.2, 0.25) is 0 Å². The molecule has 1 saturated heterocycles. The predicted molar refractivity (Wildman–Crippen MR) is 75.3 cm³/mol. The van der Waals surface area contributed by atoms with Crippen LogP contribution in [0.3, 0.4) is 0 Å². The number of hydrogen-bond acceptors (Lipinski definition) is 2. The Morgan fingerprint density at radius 1 is 1.06 bits per heavy atom. The van der Waals surface area contributed by atoms with Crippen LogP contribution in [0.1, 0.15) is 24.3 Å². The number of nitrogens with one attached hydrogen (secondary N) is 1. The molecule has 0 bridgehead atoms. The van der Waals surface area contributed by atoms with Crippen molar-refractivity contribution in [3.63, 3.8) is 0 Å². The molecule has 0 aliphatic carbocycles. The van der Waals surface area contributed by atoms with Crippen LogP contribution in [0.15, 0.2) is 36.4 Å². The largest absolute Gasteiger partial charge is 0.496 e. The monoisotopic (exact) mass is 241 g/mol. The Labute approximate surface area is 108 Å². The van der Waals surface area contributed by atoms with Crippen molar-refractivity contribution in [3.8, 4) is 5.75 Å². The standard InChI is InChI=1S/C16H19NO/c1-18-16-14-5-3-2-4-12(14)6-7-15(16)13-8-10-17-11-9-13/h2-7,13,17H,8-11H2,1H3. The topological polar surface area (TPSA) is 21.3 Å². The lowest BCUT2D eigenvalue weighted by atomic mass is 9.88. The van der Waals surface area contributed by atoms with Gasteiger partial charge in [-0.15, -0.1) is 0 Å². The van der Waals surface area contributed by atoms with Crippen LogP contribution in [0.4, 0.5) is 0 Å². The molecular weight excluding hydrogens is 222 g/mol. The van der Waals surface area contributed by atoms with Crippen molar-refractivity contribution in [1.82, 2.24) is 5.32 Å². The van der Waals surface area contributed by atoms with Crippen LogP contribution in [0, 0.1) is 0 Å². The molecule has 18 heavy (non-hydrogen) atoms. The smallest absolute Gasteiger partial charge is 0.130 e. The maximum Gasteiger partial charge on any atom is 0.130 e. The van der Waals surface area contributed by atoms with Gasteiger partial charge >= 0.3 is 0 Å². The zero-order valence-corrected chi connectivity index (χ0v) is 10.8. The molecule has 1 aliphatic rings. The summed E-state index contributed by atoms with van der Waals surface area (Å²) in [4.78, 5) is 0. The highest BCUT2D eigenvalue weighted by Crippen LogP contribution is 2.37. The molecule has 2 aromatic rings. The summed E-state index contributed by atoms with van der Waals surface area (Å²) >= 11 is 0. The number of hydrogen-bond donors (Lipinski definition) is 1. The fourth-order valence-corrected chi connectivity index (χ4v) is 2.94. The fraction of sp³-hybridized carbons (Fsp3) is 0.375. The zero-order chi connectivity index (χ0) is 12.4. The van der Waals surface area contributed by atoms with E-state index in [1.165, 1.54) is 29.2 Å². The summed E-state index contributed by atoms with van der Waals surface area (Å²) in [6, 6.07) is 12.9. The van der Waals surface area contributed by atoms with Gasteiger partial charge in [0.2, 0.25) is 0 Å². The van der Waals surface area contributed by atoms with Crippen LogP contribution < -0.4 is 10.1 Å². The van der Waals surface area contributed by atoms with Gasteiger partial charge in [0.05, 0.1) is 7.11 Å². The average Bonchev–Trinajstić information content (AvgIpc) is 2.47. The number of rotatable bonds is 2. The Hall–Kier alpha value is -1.54. The lowest BCUT2D eigenvalue weighted by Crippen LogP contribution is -2.26. The van der Waals surface area contributed by atoms with Crippen LogP contribution in [-0.2, 0) is 0 Å².